The monoisotopic (exact) mass is 546 g/mol. The minimum absolute atomic E-state index is 0.0312. The maximum absolute atomic E-state index is 12.7. The van der Waals surface area contributed by atoms with Gasteiger partial charge in [0.1, 0.15) is 0 Å². The summed E-state index contributed by atoms with van der Waals surface area (Å²) in [6.45, 7) is 2.48. The molecule has 4 rings (SSSR count). The predicted molar refractivity (Wildman–Crippen MR) is 150 cm³/mol. The number of rotatable bonds is 7. The number of carbonyl (C=O) groups excluding carboxylic acids is 2. The number of nitrogens with zero attached hydrogens (tertiary/aromatic N) is 2. The van der Waals surface area contributed by atoms with E-state index >= 15 is 0 Å². The molecule has 1 heterocycles. The van der Waals surface area contributed by atoms with E-state index in [0.717, 1.165) is 37.1 Å². The molecule has 2 aromatic rings. The Bertz CT molecular complexity index is 1130. The third-order valence-corrected chi connectivity index (χ3v) is 7.08. The molecule has 1 fully saturated rings. The van der Waals surface area contributed by atoms with Crippen LogP contribution in [-0.4, -0.2) is 43.0 Å². The van der Waals surface area contributed by atoms with Crippen LogP contribution in [0.4, 0.5) is 21.9 Å². The summed E-state index contributed by atoms with van der Waals surface area (Å²) >= 11 is 18.3. The van der Waals surface area contributed by atoms with E-state index in [1.54, 1.807) is 17.0 Å². The van der Waals surface area contributed by atoms with Gasteiger partial charge in [-0.2, -0.15) is 0 Å². The lowest BCUT2D eigenvalue weighted by Crippen LogP contribution is -2.50. The standard InChI is InChI=1S/C27H29Cl3N4O2/c28-20-17-23(29)26(24(30)18-20)32-27(36)34-15-13-33(14-16-34)22-11-9-21(10-12-22)31-25(35)8-4-7-19-5-2-1-3-6-19/h2,5-6,9-12,17-18H,1,3-4,7-8,13-16H2,(H,31,35)(H,32,36). The number of carbonyl (C=O) groups is 2. The first kappa shape index (κ1) is 26.4. The van der Waals surface area contributed by atoms with Crippen LogP contribution in [0.3, 0.4) is 0 Å². The van der Waals surface area contributed by atoms with Crippen LogP contribution in [0.2, 0.25) is 15.1 Å². The zero-order valence-corrected chi connectivity index (χ0v) is 22.2. The van der Waals surface area contributed by atoms with Crippen molar-refractivity contribution in [1.29, 1.82) is 0 Å². The van der Waals surface area contributed by atoms with Gasteiger partial charge in [-0.3, -0.25) is 4.79 Å². The summed E-state index contributed by atoms with van der Waals surface area (Å²) in [4.78, 5) is 29.0. The molecule has 190 valence electrons. The van der Waals surface area contributed by atoms with E-state index in [2.05, 4.69) is 33.8 Å². The van der Waals surface area contributed by atoms with Gasteiger partial charge in [0.2, 0.25) is 5.91 Å². The molecular weight excluding hydrogens is 519 g/mol. The first-order valence-electron chi connectivity index (χ1n) is 12.1. The number of urea groups is 1. The Morgan fingerprint density at radius 3 is 2.22 bits per heavy atom. The molecule has 1 saturated heterocycles. The van der Waals surface area contributed by atoms with Gasteiger partial charge in [0, 0.05) is 49.0 Å². The fraction of sp³-hybridized carbons (Fsp3) is 0.333. The number of allylic oxidation sites excluding steroid dienone is 4. The van der Waals surface area contributed by atoms with Gasteiger partial charge < -0.3 is 20.4 Å². The van der Waals surface area contributed by atoms with E-state index < -0.39 is 0 Å². The van der Waals surface area contributed by atoms with Gasteiger partial charge in [0.25, 0.3) is 0 Å². The van der Waals surface area contributed by atoms with Gasteiger partial charge in [-0.1, -0.05) is 58.6 Å². The number of amides is 3. The molecule has 0 saturated carbocycles. The van der Waals surface area contributed by atoms with E-state index in [9.17, 15) is 9.59 Å². The average Bonchev–Trinajstić information content (AvgIpc) is 2.87. The molecule has 0 radical (unpaired) electrons. The Kier molecular flexibility index (Phi) is 9.19. The molecule has 2 aliphatic rings. The normalized spacial score (nSPS) is 15.5. The highest BCUT2D eigenvalue weighted by molar-refractivity contribution is 6.42. The van der Waals surface area contributed by atoms with E-state index in [0.29, 0.717) is 53.4 Å². The van der Waals surface area contributed by atoms with Gasteiger partial charge in [0.05, 0.1) is 15.7 Å². The lowest BCUT2D eigenvalue weighted by molar-refractivity contribution is -0.116. The lowest BCUT2D eigenvalue weighted by atomic mass is 10.0. The van der Waals surface area contributed by atoms with Gasteiger partial charge in [-0.15, -0.1) is 0 Å². The van der Waals surface area contributed by atoms with E-state index in [4.69, 9.17) is 34.8 Å². The first-order valence-corrected chi connectivity index (χ1v) is 13.2. The highest BCUT2D eigenvalue weighted by Crippen LogP contribution is 2.34. The molecule has 0 unspecified atom stereocenters. The highest BCUT2D eigenvalue weighted by Gasteiger charge is 2.23. The van der Waals surface area contributed by atoms with E-state index in [1.807, 2.05) is 24.3 Å². The second-order valence-corrected chi connectivity index (χ2v) is 10.1. The minimum atomic E-state index is -0.255. The molecule has 0 atom stereocenters. The summed E-state index contributed by atoms with van der Waals surface area (Å²) in [7, 11) is 0. The van der Waals surface area contributed by atoms with Crippen molar-refractivity contribution in [3.8, 4) is 0 Å². The number of halogens is 3. The zero-order chi connectivity index (χ0) is 25.5. The zero-order valence-electron chi connectivity index (χ0n) is 19.9. The topological polar surface area (TPSA) is 64.7 Å². The van der Waals surface area contributed by atoms with Crippen LogP contribution in [0.15, 0.2) is 60.2 Å². The van der Waals surface area contributed by atoms with Crippen LogP contribution < -0.4 is 15.5 Å². The Hall–Kier alpha value is -2.67. The number of anilines is 3. The molecule has 1 aliphatic carbocycles. The van der Waals surface area contributed by atoms with Gasteiger partial charge in [-0.05, 0) is 62.1 Å². The molecule has 0 spiro atoms. The maximum Gasteiger partial charge on any atom is 0.322 e. The summed E-state index contributed by atoms with van der Waals surface area (Å²) < 4.78 is 0. The smallest absolute Gasteiger partial charge is 0.322 e. The van der Waals surface area contributed by atoms with E-state index in [1.165, 1.54) is 5.57 Å². The van der Waals surface area contributed by atoms with Crippen molar-refractivity contribution in [2.45, 2.75) is 32.1 Å². The second kappa shape index (κ2) is 12.5. The molecule has 36 heavy (non-hydrogen) atoms. The number of benzene rings is 2. The summed E-state index contributed by atoms with van der Waals surface area (Å²) in [6, 6.07) is 10.7. The Labute approximate surface area is 226 Å². The quantitative estimate of drug-likeness (QED) is 0.380. The van der Waals surface area contributed by atoms with Crippen molar-refractivity contribution in [2.24, 2.45) is 0 Å². The molecule has 6 nitrogen and oxygen atoms in total. The summed E-state index contributed by atoms with van der Waals surface area (Å²) in [6.07, 6.45) is 11.1. The van der Waals surface area contributed by atoms with Crippen LogP contribution in [0, 0.1) is 0 Å². The van der Waals surface area contributed by atoms with Gasteiger partial charge in [-0.25, -0.2) is 4.79 Å². The number of hydrogen-bond acceptors (Lipinski definition) is 3. The highest BCUT2D eigenvalue weighted by atomic mass is 35.5. The molecule has 2 aromatic carbocycles. The fourth-order valence-corrected chi connectivity index (χ4v) is 5.21. The van der Waals surface area contributed by atoms with Crippen LogP contribution in [0.5, 0.6) is 0 Å². The molecule has 9 heteroatoms. The lowest BCUT2D eigenvalue weighted by Gasteiger charge is -2.36. The maximum atomic E-state index is 12.7. The molecule has 1 aliphatic heterocycles. The largest absolute Gasteiger partial charge is 0.368 e. The Balaban J connectivity index is 1.22. The predicted octanol–water partition coefficient (Wildman–Crippen LogP) is 7.39. The summed E-state index contributed by atoms with van der Waals surface area (Å²) in [5, 5.41) is 6.77. The molecule has 2 N–H and O–H groups in total. The third-order valence-electron chi connectivity index (χ3n) is 6.26. The molecule has 3 amide bonds. The van der Waals surface area contributed by atoms with Crippen molar-refractivity contribution in [1.82, 2.24) is 4.90 Å². The van der Waals surface area contributed by atoms with Crippen molar-refractivity contribution in [3.05, 3.63) is 75.3 Å². The second-order valence-electron chi connectivity index (χ2n) is 8.86. The summed E-state index contributed by atoms with van der Waals surface area (Å²) in [5.41, 5.74) is 3.52. The Morgan fingerprint density at radius 2 is 1.58 bits per heavy atom. The van der Waals surface area contributed by atoms with Crippen molar-refractivity contribution >= 4 is 63.8 Å². The van der Waals surface area contributed by atoms with Gasteiger partial charge >= 0.3 is 6.03 Å². The van der Waals surface area contributed by atoms with Crippen molar-refractivity contribution in [2.75, 3.05) is 41.7 Å². The van der Waals surface area contributed by atoms with Crippen LogP contribution >= 0.6 is 34.8 Å². The van der Waals surface area contributed by atoms with Crippen molar-refractivity contribution in [3.63, 3.8) is 0 Å². The third kappa shape index (κ3) is 7.19. The fourth-order valence-electron chi connectivity index (χ4n) is 4.30. The number of piperazine rings is 1. The van der Waals surface area contributed by atoms with Crippen LogP contribution in [0.1, 0.15) is 32.1 Å². The Morgan fingerprint density at radius 1 is 0.889 bits per heavy atom. The molecular formula is C27H29Cl3N4O2. The van der Waals surface area contributed by atoms with Crippen LogP contribution in [-0.2, 0) is 4.79 Å². The van der Waals surface area contributed by atoms with Crippen molar-refractivity contribution < 1.29 is 9.59 Å². The number of hydrogen-bond donors (Lipinski definition) is 2. The minimum Gasteiger partial charge on any atom is -0.368 e. The molecule has 0 aromatic heterocycles. The summed E-state index contributed by atoms with van der Waals surface area (Å²) in [5.74, 6) is 0.0312. The van der Waals surface area contributed by atoms with E-state index in [-0.39, 0.29) is 11.9 Å². The first-order chi connectivity index (χ1) is 17.4. The van der Waals surface area contributed by atoms with Gasteiger partial charge in [0.15, 0.2) is 0 Å². The average molecular weight is 548 g/mol. The SMILES string of the molecule is O=C(CCCC1=CCCC=C1)Nc1ccc(N2CCN(C(=O)Nc3c(Cl)cc(Cl)cc3Cl)CC2)cc1. The number of nitrogens with one attached hydrogen (secondary N) is 2. The van der Waals surface area contributed by atoms with Crippen LogP contribution in [0.25, 0.3) is 0 Å². The molecule has 0 bridgehead atoms.